The Morgan fingerprint density at radius 1 is 1.44 bits per heavy atom. The normalized spacial score (nSPS) is 11.0. The third-order valence-electron chi connectivity index (χ3n) is 2.40. The summed E-state index contributed by atoms with van der Waals surface area (Å²) < 4.78 is 29.2. The van der Waals surface area contributed by atoms with E-state index in [-0.39, 0.29) is 17.9 Å². The standard InChI is InChI=1S/C11H15NO5S/c1-12(9-4-3-5-10(13)8-9)18(15,16)7-6-11(14)17-2/h3-5,8,13H,6-7H2,1-2H3. The Bertz CT molecular complexity index is 526. The van der Waals surface area contributed by atoms with Crippen LogP contribution in [0, 0.1) is 0 Å². The molecule has 0 saturated carbocycles. The van der Waals surface area contributed by atoms with Crippen LogP contribution in [0.15, 0.2) is 24.3 Å². The van der Waals surface area contributed by atoms with Crippen LogP contribution in [0.2, 0.25) is 0 Å². The summed E-state index contributed by atoms with van der Waals surface area (Å²) in [5.41, 5.74) is 0.333. The van der Waals surface area contributed by atoms with Crippen LogP contribution in [0.25, 0.3) is 0 Å². The number of methoxy groups -OCH3 is 1. The number of hydrogen-bond donors (Lipinski definition) is 1. The van der Waals surface area contributed by atoms with Gasteiger partial charge in [0.15, 0.2) is 0 Å². The number of phenolic OH excluding ortho intramolecular Hbond substituents is 1. The first-order chi connectivity index (χ1) is 8.36. The zero-order valence-corrected chi connectivity index (χ0v) is 11.0. The largest absolute Gasteiger partial charge is 0.508 e. The average Bonchev–Trinajstić information content (AvgIpc) is 2.35. The number of sulfonamides is 1. The Balaban J connectivity index is 2.82. The Hall–Kier alpha value is -1.76. The molecule has 0 amide bonds. The highest BCUT2D eigenvalue weighted by molar-refractivity contribution is 7.92. The fourth-order valence-corrected chi connectivity index (χ4v) is 2.43. The molecule has 0 saturated heterocycles. The highest BCUT2D eigenvalue weighted by Gasteiger charge is 2.20. The molecule has 0 unspecified atom stereocenters. The Morgan fingerprint density at radius 3 is 2.67 bits per heavy atom. The van der Waals surface area contributed by atoms with Crippen LogP contribution in [-0.2, 0) is 19.6 Å². The lowest BCUT2D eigenvalue weighted by molar-refractivity contribution is -0.140. The molecular formula is C11H15NO5S. The highest BCUT2D eigenvalue weighted by Crippen LogP contribution is 2.21. The molecule has 1 aromatic rings. The molecule has 1 rings (SSSR count). The number of ether oxygens (including phenoxy) is 1. The smallest absolute Gasteiger partial charge is 0.306 e. The third kappa shape index (κ3) is 3.63. The maximum absolute atomic E-state index is 11.9. The number of nitrogens with zero attached hydrogens (tertiary/aromatic N) is 1. The topological polar surface area (TPSA) is 83.9 Å². The van der Waals surface area contributed by atoms with Crippen molar-refractivity contribution in [3.8, 4) is 5.75 Å². The van der Waals surface area contributed by atoms with E-state index in [1.807, 2.05) is 0 Å². The van der Waals surface area contributed by atoms with Crippen LogP contribution in [0.1, 0.15) is 6.42 Å². The van der Waals surface area contributed by atoms with Gasteiger partial charge in [-0.3, -0.25) is 9.10 Å². The predicted molar refractivity (Wildman–Crippen MR) is 66.9 cm³/mol. The van der Waals surface area contributed by atoms with Gasteiger partial charge in [0.2, 0.25) is 10.0 Å². The van der Waals surface area contributed by atoms with E-state index in [1.165, 1.54) is 32.4 Å². The van der Waals surface area contributed by atoms with Gasteiger partial charge in [-0.25, -0.2) is 8.42 Å². The van der Waals surface area contributed by atoms with Gasteiger partial charge in [-0.05, 0) is 12.1 Å². The molecule has 100 valence electrons. The van der Waals surface area contributed by atoms with E-state index < -0.39 is 16.0 Å². The van der Waals surface area contributed by atoms with E-state index in [4.69, 9.17) is 0 Å². The number of aromatic hydroxyl groups is 1. The molecule has 0 heterocycles. The van der Waals surface area contributed by atoms with E-state index >= 15 is 0 Å². The summed E-state index contributed by atoms with van der Waals surface area (Å²) >= 11 is 0. The molecule has 0 atom stereocenters. The first kappa shape index (κ1) is 14.3. The lowest BCUT2D eigenvalue weighted by Gasteiger charge is -2.19. The Labute approximate surface area is 106 Å². The predicted octanol–water partition coefficient (Wildman–Crippen LogP) is 0.721. The summed E-state index contributed by atoms with van der Waals surface area (Å²) in [5, 5.41) is 9.29. The second-order valence-electron chi connectivity index (χ2n) is 3.63. The van der Waals surface area contributed by atoms with Gasteiger partial charge in [0.05, 0.1) is 25.0 Å². The van der Waals surface area contributed by atoms with E-state index in [1.54, 1.807) is 6.07 Å². The number of benzene rings is 1. The van der Waals surface area contributed by atoms with Crippen molar-refractivity contribution in [3.05, 3.63) is 24.3 Å². The average molecular weight is 273 g/mol. The Kier molecular flexibility index (Phi) is 4.55. The van der Waals surface area contributed by atoms with Crippen molar-refractivity contribution in [3.63, 3.8) is 0 Å². The van der Waals surface area contributed by atoms with Crippen molar-refractivity contribution in [2.45, 2.75) is 6.42 Å². The van der Waals surface area contributed by atoms with Gasteiger partial charge >= 0.3 is 5.97 Å². The molecule has 0 aliphatic heterocycles. The van der Waals surface area contributed by atoms with Crippen molar-refractivity contribution < 1.29 is 23.1 Å². The second-order valence-corrected chi connectivity index (χ2v) is 5.75. The quantitative estimate of drug-likeness (QED) is 0.799. The minimum absolute atomic E-state index is 0.0254. The van der Waals surface area contributed by atoms with Gasteiger partial charge in [0, 0.05) is 13.1 Å². The lowest BCUT2D eigenvalue weighted by Crippen LogP contribution is -2.30. The molecule has 1 N–H and O–H groups in total. The lowest BCUT2D eigenvalue weighted by atomic mass is 10.3. The Morgan fingerprint density at radius 2 is 2.11 bits per heavy atom. The van der Waals surface area contributed by atoms with Gasteiger partial charge < -0.3 is 9.84 Å². The van der Waals surface area contributed by atoms with Crippen LogP contribution >= 0.6 is 0 Å². The number of anilines is 1. The first-order valence-electron chi connectivity index (χ1n) is 5.19. The van der Waals surface area contributed by atoms with Gasteiger partial charge in [0.1, 0.15) is 5.75 Å². The summed E-state index contributed by atoms with van der Waals surface area (Å²) in [5.74, 6) is -0.948. The van der Waals surface area contributed by atoms with Gasteiger partial charge in [0.25, 0.3) is 0 Å². The van der Waals surface area contributed by atoms with E-state index in [0.717, 1.165) is 4.31 Å². The maximum Gasteiger partial charge on any atom is 0.306 e. The number of rotatable bonds is 5. The van der Waals surface area contributed by atoms with Crippen LogP contribution < -0.4 is 4.31 Å². The molecule has 0 fully saturated rings. The molecular weight excluding hydrogens is 258 g/mol. The summed E-state index contributed by atoms with van der Waals surface area (Å²) in [6.45, 7) is 0. The number of hydrogen-bond acceptors (Lipinski definition) is 5. The first-order valence-corrected chi connectivity index (χ1v) is 6.80. The zero-order valence-electron chi connectivity index (χ0n) is 10.2. The molecule has 0 aromatic heterocycles. The monoisotopic (exact) mass is 273 g/mol. The van der Waals surface area contributed by atoms with Gasteiger partial charge in [-0.2, -0.15) is 0 Å². The van der Waals surface area contributed by atoms with Crippen LogP contribution in [0.3, 0.4) is 0 Å². The third-order valence-corrected chi connectivity index (χ3v) is 4.17. The van der Waals surface area contributed by atoms with Crippen LogP contribution in [0.5, 0.6) is 5.75 Å². The van der Waals surface area contributed by atoms with Crippen molar-refractivity contribution in [1.82, 2.24) is 0 Å². The second kappa shape index (κ2) is 5.72. The van der Waals surface area contributed by atoms with Crippen molar-refractivity contribution in [2.75, 3.05) is 24.2 Å². The highest BCUT2D eigenvalue weighted by atomic mass is 32.2. The fourth-order valence-electron chi connectivity index (χ4n) is 1.30. The molecule has 1 aromatic carbocycles. The summed E-state index contributed by atoms with van der Waals surface area (Å²) in [4.78, 5) is 10.9. The van der Waals surface area contributed by atoms with Crippen molar-refractivity contribution >= 4 is 21.7 Å². The maximum atomic E-state index is 11.9. The number of carbonyl (C=O) groups is 1. The molecule has 6 nitrogen and oxygen atoms in total. The van der Waals surface area contributed by atoms with Gasteiger partial charge in [-0.15, -0.1) is 0 Å². The molecule has 7 heteroatoms. The molecule has 18 heavy (non-hydrogen) atoms. The van der Waals surface area contributed by atoms with Gasteiger partial charge in [-0.1, -0.05) is 6.07 Å². The minimum Gasteiger partial charge on any atom is -0.508 e. The SMILES string of the molecule is COC(=O)CCS(=O)(=O)N(C)c1cccc(O)c1. The molecule has 0 spiro atoms. The minimum atomic E-state index is -3.61. The van der Waals surface area contributed by atoms with E-state index in [9.17, 15) is 18.3 Å². The van der Waals surface area contributed by atoms with Crippen molar-refractivity contribution in [2.24, 2.45) is 0 Å². The summed E-state index contributed by atoms with van der Waals surface area (Å²) in [7, 11) is -1.05. The van der Waals surface area contributed by atoms with E-state index in [2.05, 4.69) is 4.74 Å². The summed E-state index contributed by atoms with van der Waals surface area (Å²) in [6, 6.07) is 5.86. The fraction of sp³-hybridized carbons (Fsp3) is 0.364. The van der Waals surface area contributed by atoms with E-state index in [0.29, 0.717) is 5.69 Å². The number of esters is 1. The number of phenols is 1. The molecule has 0 aliphatic carbocycles. The van der Waals surface area contributed by atoms with Crippen LogP contribution in [0.4, 0.5) is 5.69 Å². The summed E-state index contributed by atoms with van der Waals surface area (Å²) in [6.07, 6.45) is -0.206. The number of carbonyl (C=O) groups excluding carboxylic acids is 1. The molecule has 0 radical (unpaired) electrons. The van der Waals surface area contributed by atoms with Crippen molar-refractivity contribution in [1.29, 1.82) is 0 Å². The molecule has 0 aliphatic rings. The molecule has 0 bridgehead atoms. The van der Waals surface area contributed by atoms with Crippen LogP contribution in [-0.4, -0.2) is 39.4 Å². The zero-order chi connectivity index (χ0) is 13.8.